The minimum Gasteiger partial charge on any atom is -0.493 e. The average Bonchev–Trinajstić information content (AvgIpc) is 2.47. The Labute approximate surface area is 144 Å². The second kappa shape index (κ2) is 8.05. The molecule has 1 aromatic rings. The normalized spacial score (nSPS) is 15.3. The number of amides is 1. The molecule has 7 heteroatoms. The summed E-state index contributed by atoms with van der Waals surface area (Å²) in [5.74, 6) is 1.24. The highest BCUT2D eigenvalue weighted by Crippen LogP contribution is 2.32. The fourth-order valence-electron chi connectivity index (χ4n) is 2.29. The van der Waals surface area contributed by atoms with Gasteiger partial charge in [0.05, 0.1) is 19.8 Å². The first-order chi connectivity index (χ1) is 9.56. The van der Waals surface area contributed by atoms with Crippen LogP contribution in [0.3, 0.4) is 0 Å². The van der Waals surface area contributed by atoms with Gasteiger partial charge >= 0.3 is 0 Å². The summed E-state index contributed by atoms with van der Waals surface area (Å²) in [6, 6.07) is 3.78. The maximum absolute atomic E-state index is 12.6. The number of nitrogens with zero attached hydrogens (tertiary/aromatic N) is 1. The number of carbonyl (C=O) groups excluding carboxylic acids is 1. The highest BCUT2D eigenvalue weighted by atomic mass is 127. The molecule has 118 valence electrons. The molecule has 0 aromatic heterocycles. The van der Waals surface area contributed by atoms with E-state index < -0.39 is 0 Å². The number of nitrogens with two attached hydrogens (primary N) is 1. The van der Waals surface area contributed by atoms with Gasteiger partial charge in [-0.2, -0.15) is 0 Å². The van der Waals surface area contributed by atoms with Crippen LogP contribution in [0.5, 0.6) is 11.5 Å². The summed E-state index contributed by atoms with van der Waals surface area (Å²) in [4.78, 5) is 14.4. The van der Waals surface area contributed by atoms with Crippen LogP contribution in [0.1, 0.15) is 23.2 Å². The highest BCUT2D eigenvalue weighted by Gasteiger charge is 2.24. The SMILES string of the molecule is COc1cc(I)c(C(=O)N2CCC(N)CC2)cc1OC.Cl. The molecule has 1 amide bonds. The molecular weight excluding hydrogens is 407 g/mol. The van der Waals surface area contributed by atoms with Crippen molar-refractivity contribution in [3.8, 4) is 11.5 Å². The molecule has 21 heavy (non-hydrogen) atoms. The van der Waals surface area contributed by atoms with Crippen molar-refractivity contribution >= 4 is 40.9 Å². The second-order valence-corrected chi connectivity index (χ2v) is 5.98. The van der Waals surface area contributed by atoms with Gasteiger partial charge < -0.3 is 20.1 Å². The Morgan fingerprint density at radius 3 is 2.29 bits per heavy atom. The molecule has 1 aromatic carbocycles. The van der Waals surface area contributed by atoms with Crippen LogP contribution in [-0.2, 0) is 0 Å². The zero-order valence-electron chi connectivity index (χ0n) is 12.1. The molecule has 0 aliphatic carbocycles. The van der Waals surface area contributed by atoms with E-state index in [1.807, 2.05) is 11.0 Å². The number of piperidine rings is 1. The van der Waals surface area contributed by atoms with E-state index in [2.05, 4.69) is 22.6 Å². The van der Waals surface area contributed by atoms with Gasteiger partial charge in [0, 0.05) is 22.7 Å². The van der Waals surface area contributed by atoms with Crippen molar-refractivity contribution in [2.75, 3.05) is 27.3 Å². The van der Waals surface area contributed by atoms with Crippen LogP contribution in [-0.4, -0.2) is 44.2 Å². The lowest BCUT2D eigenvalue weighted by Crippen LogP contribution is -2.43. The minimum absolute atomic E-state index is 0. The smallest absolute Gasteiger partial charge is 0.255 e. The number of hydrogen-bond donors (Lipinski definition) is 1. The van der Waals surface area contributed by atoms with Crippen LogP contribution in [0.4, 0.5) is 0 Å². The van der Waals surface area contributed by atoms with Crippen LogP contribution in [0.25, 0.3) is 0 Å². The monoisotopic (exact) mass is 426 g/mol. The quantitative estimate of drug-likeness (QED) is 0.753. The summed E-state index contributed by atoms with van der Waals surface area (Å²) in [7, 11) is 3.15. The Hall–Kier alpha value is -0.730. The van der Waals surface area contributed by atoms with E-state index in [0.29, 0.717) is 30.2 Å². The molecule has 0 bridgehead atoms. The van der Waals surface area contributed by atoms with E-state index in [1.165, 1.54) is 0 Å². The predicted molar refractivity (Wildman–Crippen MR) is 92.6 cm³/mol. The van der Waals surface area contributed by atoms with Crippen LogP contribution in [0.15, 0.2) is 12.1 Å². The average molecular weight is 427 g/mol. The van der Waals surface area contributed by atoms with Crippen molar-refractivity contribution in [1.29, 1.82) is 0 Å². The zero-order chi connectivity index (χ0) is 14.7. The number of benzene rings is 1. The second-order valence-electron chi connectivity index (χ2n) is 4.82. The van der Waals surface area contributed by atoms with Gasteiger partial charge in [-0.15, -0.1) is 12.4 Å². The first-order valence-electron chi connectivity index (χ1n) is 6.53. The lowest BCUT2D eigenvalue weighted by molar-refractivity contribution is 0.0713. The van der Waals surface area contributed by atoms with E-state index in [-0.39, 0.29) is 24.4 Å². The van der Waals surface area contributed by atoms with Crippen LogP contribution >= 0.6 is 35.0 Å². The Morgan fingerprint density at radius 1 is 1.24 bits per heavy atom. The Kier molecular flexibility index (Phi) is 7.02. The summed E-state index contributed by atoms with van der Waals surface area (Å²) < 4.78 is 11.4. The molecule has 5 nitrogen and oxygen atoms in total. The Bertz CT molecular complexity index is 505. The van der Waals surface area contributed by atoms with Gasteiger partial charge in [0.1, 0.15) is 0 Å². The number of methoxy groups -OCH3 is 2. The maximum atomic E-state index is 12.6. The third-order valence-corrected chi connectivity index (χ3v) is 4.42. The van der Waals surface area contributed by atoms with Crippen molar-refractivity contribution in [2.45, 2.75) is 18.9 Å². The fourth-order valence-corrected chi connectivity index (χ4v) is 2.96. The topological polar surface area (TPSA) is 64.8 Å². The molecule has 1 fully saturated rings. The van der Waals surface area contributed by atoms with Gasteiger partial charge in [-0.3, -0.25) is 4.79 Å². The van der Waals surface area contributed by atoms with Gasteiger partial charge in [0.15, 0.2) is 11.5 Å². The van der Waals surface area contributed by atoms with Crippen LogP contribution < -0.4 is 15.2 Å². The number of likely N-dealkylation sites (tertiary alicyclic amines) is 1. The van der Waals surface area contributed by atoms with Gasteiger partial charge in [0.2, 0.25) is 0 Å². The molecule has 1 aliphatic rings. The third kappa shape index (κ3) is 4.14. The number of ether oxygens (including phenoxy) is 2. The number of carbonyl (C=O) groups is 1. The zero-order valence-corrected chi connectivity index (χ0v) is 15.1. The molecule has 0 saturated carbocycles. The van der Waals surface area contributed by atoms with E-state index >= 15 is 0 Å². The van der Waals surface area contributed by atoms with Gasteiger partial charge in [-0.05, 0) is 47.6 Å². The number of rotatable bonds is 3. The standard InChI is InChI=1S/C14H19IN2O3.ClH/c1-19-12-7-10(11(15)8-13(12)20-2)14(18)17-5-3-9(16)4-6-17;/h7-9H,3-6,16H2,1-2H3;1H. The van der Waals surface area contributed by atoms with Crippen molar-refractivity contribution in [3.63, 3.8) is 0 Å². The summed E-state index contributed by atoms with van der Waals surface area (Å²) in [5, 5.41) is 0. The summed E-state index contributed by atoms with van der Waals surface area (Å²) >= 11 is 2.15. The lowest BCUT2D eigenvalue weighted by atomic mass is 10.0. The maximum Gasteiger partial charge on any atom is 0.255 e. The fraction of sp³-hybridized carbons (Fsp3) is 0.500. The number of halogens is 2. The van der Waals surface area contributed by atoms with Crippen molar-refractivity contribution in [3.05, 3.63) is 21.3 Å². The van der Waals surface area contributed by atoms with Crippen molar-refractivity contribution in [1.82, 2.24) is 4.90 Å². The molecule has 1 heterocycles. The molecule has 0 spiro atoms. The summed E-state index contributed by atoms with van der Waals surface area (Å²) in [5.41, 5.74) is 6.52. The van der Waals surface area contributed by atoms with E-state index in [0.717, 1.165) is 16.4 Å². The van der Waals surface area contributed by atoms with Crippen LogP contribution in [0, 0.1) is 3.57 Å². The Balaban J connectivity index is 0.00000220. The van der Waals surface area contributed by atoms with E-state index in [4.69, 9.17) is 15.2 Å². The Morgan fingerprint density at radius 2 is 1.76 bits per heavy atom. The summed E-state index contributed by atoms with van der Waals surface area (Å²) in [6.07, 6.45) is 1.71. The molecule has 0 atom stereocenters. The molecule has 0 radical (unpaired) electrons. The molecule has 0 unspecified atom stereocenters. The van der Waals surface area contributed by atoms with Crippen molar-refractivity contribution < 1.29 is 14.3 Å². The first-order valence-corrected chi connectivity index (χ1v) is 7.61. The van der Waals surface area contributed by atoms with Crippen molar-refractivity contribution in [2.24, 2.45) is 5.73 Å². The van der Waals surface area contributed by atoms with Gasteiger partial charge in [-0.25, -0.2) is 0 Å². The first kappa shape index (κ1) is 18.3. The van der Waals surface area contributed by atoms with Gasteiger partial charge in [-0.1, -0.05) is 0 Å². The summed E-state index contributed by atoms with van der Waals surface area (Å²) in [6.45, 7) is 1.43. The molecule has 2 rings (SSSR count). The van der Waals surface area contributed by atoms with Gasteiger partial charge in [0.25, 0.3) is 5.91 Å². The molecular formula is C14H20ClIN2O3. The molecule has 1 aliphatic heterocycles. The largest absolute Gasteiger partial charge is 0.493 e. The number of hydrogen-bond acceptors (Lipinski definition) is 4. The molecule has 2 N–H and O–H groups in total. The third-order valence-electron chi connectivity index (χ3n) is 3.53. The van der Waals surface area contributed by atoms with E-state index in [1.54, 1.807) is 20.3 Å². The minimum atomic E-state index is 0. The lowest BCUT2D eigenvalue weighted by Gasteiger charge is -2.30. The van der Waals surface area contributed by atoms with E-state index in [9.17, 15) is 4.79 Å². The highest BCUT2D eigenvalue weighted by molar-refractivity contribution is 14.1. The predicted octanol–water partition coefficient (Wildman–Crippen LogP) is 2.29. The van der Waals surface area contributed by atoms with Crippen LogP contribution in [0.2, 0.25) is 0 Å². The molecule has 1 saturated heterocycles.